The molecule has 1 aliphatic rings. The maximum atomic E-state index is 15.5. The van der Waals surface area contributed by atoms with Gasteiger partial charge in [0.25, 0.3) is 5.56 Å². The highest BCUT2D eigenvalue weighted by Gasteiger charge is 2.55. The van der Waals surface area contributed by atoms with Crippen LogP contribution in [0, 0.1) is 0 Å². The Labute approximate surface area is 207 Å². The van der Waals surface area contributed by atoms with Crippen molar-refractivity contribution in [3.63, 3.8) is 0 Å². The van der Waals surface area contributed by atoms with Gasteiger partial charge >= 0.3 is 19.4 Å². The molecule has 0 unspecified atom stereocenters. The number of halogens is 1. The number of benzene rings is 1. The number of hydrogen-bond donors (Lipinski definition) is 3. The first-order chi connectivity index (χ1) is 17.2. The fourth-order valence-electron chi connectivity index (χ4n) is 3.42. The molecule has 3 N–H and O–H groups in total. The van der Waals surface area contributed by atoms with Gasteiger partial charge in [-0.15, -0.1) is 0 Å². The zero-order chi connectivity index (χ0) is 27.5. The second kappa shape index (κ2) is 11.1. The van der Waals surface area contributed by atoms with Gasteiger partial charge in [-0.3, -0.25) is 23.7 Å². The van der Waals surface area contributed by atoms with Crippen LogP contribution in [-0.2, 0) is 23.4 Å². The van der Waals surface area contributed by atoms with Gasteiger partial charge < -0.3 is 19.1 Å². The van der Waals surface area contributed by atoms with Crippen molar-refractivity contribution in [2.75, 3.05) is 6.61 Å². The van der Waals surface area contributed by atoms with Crippen LogP contribution in [0.3, 0.4) is 0 Å². The van der Waals surface area contributed by atoms with Crippen molar-refractivity contribution in [1.82, 2.24) is 14.6 Å². The molecule has 2 heterocycles. The number of ether oxygens (including phenoxy) is 2. The molecule has 6 atom stereocenters. The first kappa shape index (κ1) is 26.2. The monoisotopic (exact) mass is 530 g/mol. The lowest BCUT2D eigenvalue weighted by Crippen LogP contribution is -2.43. The lowest BCUT2D eigenvalue weighted by Gasteiger charge is -2.25. The van der Waals surface area contributed by atoms with Gasteiger partial charge in [0, 0.05) is 12.2 Å². The molecule has 12 nitrogen and oxygen atoms in total. The summed E-state index contributed by atoms with van der Waals surface area (Å²) in [6, 6.07) is 6.14. The van der Waals surface area contributed by atoms with Crippen molar-refractivity contribution in [3.8, 4) is 5.75 Å². The van der Waals surface area contributed by atoms with E-state index in [0.29, 0.717) is 4.57 Å². The first-order valence-corrected chi connectivity index (χ1v) is 12.6. The number of nitrogens with zero attached hydrogens (tertiary/aromatic N) is 1. The molecule has 0 radical (unpaired) electrons. The molecule has 0 spiro atoms. The highest BCUT2D eigenvalue weighted by atomic mass is 31.2. The van der Waals surface area contributed by atoms with Crippen molar-refractivity contribution in [3.05, 3.63) is 63.4 Å². The predicted molar refractivity (Wildman–Crippen MR) is 125 cm³/mol. The van der Waals surface area contributed by atoms with E-state index in [1.54, 1.807) is 32.0 Å². The number of carbonyl (C=O) groups is 1. The summed E-state index contributed by atoms with van der Waals surface area (Å²) in [6.07, 6.45) is -4.73. The highest BCUT2D eigenvalue weighted by Crippen LogP contribution is 2.47. The molecular weight excluding hydrogens is 500 g/mol. The Balaban J connectivity index is 1.82. The van der Waals surface area contributed by atoms with Gasteiger partial charge in [-0.1, -0.05) is 18.2 Å². The summed E-state index contributed by atoms with van der Waals surface area (Å²) in [4.78, 5) is 37.8. The fourth-order valence-corrected chi connectivity index (χ4v) is 4.92. The van der Waals surface area contributed by atoms with E-state index in [9.17, 15) is 24.1 Å². The topological polar surface area (TPSA) is 158 Å². The number of aliphatic hydroxyl groups excluding tert-OH is 1. The number of aliphatic hydroxyl groups is 1. The largest absolute Gasteiger partial charge is 0.462 e. The second-order valence-electron chi connectivity index (χ2n) is 8.60. The van der Waals surface area contributed by atoms with Crippen molar-refractivity contribution in [2.24, 2.45) is 0 Å². The van der Waals surface area contributed by atoms with Crippen molar-refractivity contribution < 1.29 is 38.7 Å². The van der Waals surface area contributed by atoms with E-state index in [1.807, 2.05) is 4.98 Å². The first-order valence-electron chi connectivity index (χ1n) is 11.6. The van der Waals surface area contributed by atoms with Crippen LogP contribution in [0.2, 0.25) is 0 Å². The molecule has 0 saturated carbocycles. The van der Waals surface area contributed by atoms with Crippen LogP contribution in [0.15, 0.2) is 52.2 Å². The normalized spacial score (nSPS) is 26.8. The predicted octanol–water partition coefficient (Wildman–Crippen LogP) is 1.66. The molecule has 198 valence electrons. The van der Waals surface area contributed by atoms with Crippen LogP contribution in [-0.4, -0.2) is 57.3 Å². The van der Waals surface area contributed by atoms with Crippen LogP contribution >= 0.6 is 7.75 Å². The van der Waals surface area contributed by atoms with Gasteiger partial charge in [-0.05, 0) is 39.8 Å². The third-order valence-corrected chi connectivity index (χ3v) is 6.84. The van der Waals surface area contributed by atoms with E-state index in [4.69, 9.17) is 19.9 Å². The third-order valence-electron chi connectivity index (χ3n) is 5.19. The van der Waals surface area contributed by atoms with Crippen molar-refractivity contribution >= 4 is 13.7 Å². The number of hydrogen-bond acceptors (Lipinski definition) is 9. The molecule has 2 aromatic rings. The summed E-state index contributed by atoms with van der Waals surface area (Å²) in [5.74, 6) is -0.598. The van der Waals surface area contributed by atoms with Gasteiger partial charge in [0.15, 0.2) is 11.9 Å². The van der Waals surface area contributed by atoms with Gasteiger partial charge in [-0.25, -0.2) is 13.8 Å². The van der Waals surface area contributed by atoms with E-state index < -0.39 is 73.9 Å². The Bertz CT molecular complexity index is 1270. The number of rotatable bonds is 10. The smallest absolute Gasteiger partial charge is 0.459 e. The minimum Gasteiger partial charge on any atom is -0.462 e. The van der Waals surface area contributed by atoms with E-state index in [2.05, 4.69) is 5.09 Å². The number of alkyl halides is 1. The van der Waals surface area contributed by atoms with Crippen molar-refractivity contribution in [1.29, 1.82) is 0 Å². The highest BCUT2D eigenvalue weighted by molar-refractivity contribution is 7.52. The van der Waals surface area contributed by atoms with Crippen LogP contribution in [0.5, 0.6) is 5.75 Å². The van der Waals surface area contributed by atoms with Crippen LogP contribution in [0.4, 0.5) is 4.39 Å². The number of aromatic nitrogens is 2. The minimum atomic E-state index is -4.34. The molecule has 14 heteroatoms. The Hall–Kier alpha value is -2.83. The molecule has 0 aliphatic carbocycles. The lowest BCUT2D eigenvalue weighted by atomic mass is 9.98. The zero-order valence-electron chi connectivity index (χ0n) is 21.0. The molecule has 1 aromatic carbocycles. The maximum Gasteiger partial charge on any atom is 0.459 e. The number of para-hydroxylation sites is 1. The molecule has 0 bridgehead atoms. The Morgan fingerprint density at radius 3 is 2.67 bits per heavy atom. The Kier molecular flexibility index (Phi) is 8.06. The quantitative estimate of drug-likeness (QED) is 0.305. The summed E-state index contributed by atoms with van der Waals surface area (Å²) in [5.41, 5.74) is -4.61. The van der Waals surface area contributed by atoms with E-state index in [-0.39, 0.29) is 5.75 Å². The summed E-state index contributed by atoms with van der Waals surface area (Å²) in [7, 11) is -4.34. The van der Waals surface area contributed by atoms with Crippen LogP contribution < -0.4 is 20.9 Å². The number of aromatic amines is 1. The van der Waals surface area contributed by atoms with E-state index >= 15 is 4.39 Å². The van der Waals surface area contributed by atoms with Gasteiger partial charge in [0.2, 0.25) is 0 Å². The number of H-pyrrole nitrogens is 1. The molecule has 1 saturated heterocycles. The van der Waals surface area contributed by atoms with E-state index in [0.717, 1.165) is 13.1 Å². The average Bonchev–Trinajstić information content (AvgIpc) is 3.03. The summed E-state index contributed by atoms with van der Waals surface area (Å²) < 4.78 is 58.9. The SMILES string of the molecule is [2H]c1cn([C@@H]2O[C@H](CO[P@@](=O)(N[C@@H](C)C(=O)OC(C)C)Oc3ccccc3)[C@@H](O)[C@@]2(C)F)c(=O)[nH]c1=O. The zero-order valence-corrected chi connectivity index (χ0v) is 20.9. The Morgan fingerprint density at radius 1 is 1.36 bits per heavy atom. The number of nitrogens with one attached hydrogen (secondary N) is 2. The van der Waals surface area contributed by atoms with Gasteiger partial charge in [0.05, 0.1) is 14.1 Å². The van der Waals surface area contributed by atoms with Crippen LogP contribution in [0.1, 0.15) is 35.3 Å². The number of carbonyl (C=O) groups excluding carboxylic acids is 1. The van der Waals surface area contributed by atoms with E-state index in [1.165, 1.54) is 19.1 Å². The maximum absolute atomic E-state index is 15.5. The molecule has 1 aliphatic heterocycles. The Morgan fingerprint density at radius 2 is 2.03 bits per heavy atom. The average molecular weight is 530 g/mol. The molecular formula is C22H29FN3O9P. The molecule has 1 fully saturated rings. The molecule has 1 aromatic heterocycles. The van der Waals surface area contributed by atoms with Crippen molar-refractivity contribution in [2.45, 2.75) is 63.9 Å². The molecule has 3 rings (SSSR count). The summed E-state index contributed by atoms with van der Waals surface area (Å²) in [5, 5.41) is 13.0. The fraction of sp³-hybridized carbons (Fsp3) is 0.500. The minimum absolute atomic E-state index is 0.131. The summed E-state index contributed by atoms with van der Waals surface area (Å²) >= 11 is 0. The third kappa shape index (κ3) is 6.48. The number of esters is 1. The lowest BCUT2D eigenvalue weighted by molar-refractivity contribution is -0.149. The molecule has 36 heavy (non-hydrogen) atoms. The van der Waals surface area contributed by atoms with Crippen LogP contribution in [0.25, 0.3) is 0 Å². The molecule has 0 amide bonds. The standard InChI is InChI=1S/C22H29FN3O9P/c1-13(2)33-19(29)14(3)25-36(31,35-15-8-6-5-7-9-15)32-12-16-18(28)22(4,23)20(34-16)26-11-10-17(27)24-21(26)30/h5-11,13-14,16,18,20,28H,12H2,1-4H3,(H,25,31)(H,24,27,30)/t14-,16+,18+,20+,22+,36-/m0/s1/i10D. The van der Waals surface area contributed by atoms with Gasteiger partial charge in [-0.2, -0.15) is 5.09 Å². The summed E-state index contributed by atoms with van der Waals surface area (Å²) in [6.45, 7) is 4.94. The van der Waals surface area contributed by atoms with Gasteiger partial charge in [0.1, 0.15) is 24.0 Å². The second-order valence-corrected chi connectivity index (χ2v) is 10.3.